The second-order valence-electron chi connectivity index (χ2n) is 5.06. The van der Waals surface area contributed by atoms with Gasteiger partial charge in [-0.25, -0.2) is 4.98 Å². The summed E-state index contributed by atoms with van der Waals surface area (Å²) in [5.74, 6) is 0.459. The van der Waals surface area contributed by atoms with Crippen LogP contribution in [0.1, 0.15) is 20.3 Å². The molecule has 2 aromatic rings. The first-order valence-corrected chi connectivity index (χ1v) is 7.92. The number of fused-ring (bicyclic) bond motifs is 1. The van der Waals surface area contributed by atoms with E-state index in [2.05, 4.69) is 23.4 Å². The van der Waals surface area contributed by atoms with Crippen molar-refractivity contribution in [2.24, 2.45) is 5.92 Å². The number of thioether (sulfide) groups is 1. The SMILES string of the molecule is CCC(C)Cn1c(SCC(=O)O)nc2ccc(OC)cc21. The number of hydrogen-bond donors (Lipinski definition) is 1. The van der Waals surface area contributed by atoms with Gasteiger partial charge in [-0.1, -0.05) is 32.0 Å². The van der Waals surface area contributed by atoms with Crippen LogP contribution in [0, 0.1) is 5.92 Å². The van der Waals surface area contributed by atoms with Crippen molar-refractivity contribution in [3.8, 4) is 5.75 Å². The first-order chi connectivity index (χ1) is 10.0. The third-order valence-corrected chi connectivity index (χ3v) is 4.40. The van der Waals surface area contributed by atoms with Gasteiger partial charge in [0.15, 0.2) is 5.16 Å². The molecule has 1 atom stereocenters. The highest BCUT2D eigenvalue weighted by Gasteiger charge is 2.15. The van der Waals surface area contributed by atoms with Crippen LogP contribution in [0.4, 0.5) is 0 Å². The zero-order valence-corrected chi connectivity index (χ0v) is 13.3. The lowest BCUT2D eigenvalue weighted by molar-refractivity contribution is -0.133. The lowest BCUT2D eigenvalue weighted by Gasteiger charge is -2.13. The Morgan fingerprint density at radius 3 is 2.90 bits per heavy atom. The molecule has 0 aliphatic carbocycles. The van der Waals surface area contributed by atoms with Gasteiger partial charge in [0.2, 0.25) is 0 Å². The Hall–Kier alpha value is -1.69. The number of carbonyl (C=O) groups is 1. The van der Waals surface area contributed by atoms with Gasteiger partial charge in [0.25, 0.3) is 0 Å². The third kappa shape index (κ3) is 3.69. The molecular formula is C15H20N2O3S. The van der Waals surface area contributed by atoms with Gasteiger partial charge in [0, 0.05) is 12.6 Å². The van der Waals surface area contributed by atoms with Crippen molar-refractivity contribution < 1.29 is 14.6 Å². The van der Waals surface area contributed by atoms with E-state index in [-0.39, 0.29) is 5.75 Å². The van der Waals surface area contributed by atoms with Crippen LogP contribution >= 0.6 is 11.8 Å². The van der Waals surface area contributed by atoms with Crippen LogP contribution < -0.4 is 4.74 Å². The quantitative estimate of drug-likeness (QED) is 0.795. The molecule has 0 aliphatic rings. The molecule has 0 saturated carbocycles. The summed E-state index contributed by atoms with van der Waals surface area (Å²) < 4.78 is 7.37. The predicted octanol–water partition coefficient (Wildman–Crippen LogP) is 3.27. The number of ether oxygens (including phenoxy) is 1. The van der Waals surface area contributed by atoms with Crippen LogP contribution in [0.5, 0.6) is 5.75 Å². The third-order valence-electron chi connectivity index (χ3n) is 3.44. The van der Waals surface area contributed by atoms with E-state index >= 15 is 0 Å². The highest BCUT2D eigenvalue weighted by Crippen LogP contribution is 2.28. The Labute approximate surface area is 128 Å². The Morgan fingerprint density at radius 1 is 1.52 bits per heavy atom. The molecule has 2 rings (SSSR count). The highest BCUT2D eigenvalue weighted by molar-refractivity contribution is 7.99. The van der Waals surface area contributed by atoms with E-state index < -0.39 is 5.97 Å². The van der Waals surface area contributed by atoms with Gasteiger partial charge in [-0.3, -0.25) is 4.79 Å². The van der Waals surface area contributed by atoms with Crippen LogP contribution in [-0.4, -0.2) is 33.5 Å². The Morgan fingerprint density at radius 2 is 2.29 bits per heavy atom. The van der Waals surface area contributed by atoms with E-state index in [9.17, 15) is 4.79 Å². The van der Waals surface area contributed by atoms with E-state index in [0.717, 1.165) is 34.9 Å². The first-order valence-electron chi connectivity index (χ1n) is 6.94. The molecular weight excluding hydrogens is 288 g/mol. The molecule has 0 radical (unpaired) electrons. The molecule has 0 bridgehead atoms. The topological polar surface area (TPSA) is 64.4 Å². The molecule has 1 aromatic heterocycles. The summed E-state index contributed by atoms with van der Waals surface area (Å²) >= 11 is 1.26. The van der Waals surface area contributed by atoms with Crippen LogP contribution in [0.2, 0.25) is 0 Å². The van der Waals surface area contributed by atoms with Gasteiger partial charge in [0.05, 0.1) is 23.9 Å². The standard InChI is InChI=1S/C15H20N2O3S/c1-4-10(2)8-17-13-7-11(20-3)5-6-12(13)16-15(17)21-9-14(18)19/h5-7,10H,4,8-9H2,1-3H3,(H,18,19). The summed E-state index contributed by atoms with van der Waals surface area (Å²) in [6.07, 6.45) is 1.06. The zero-order valence-electron chi connectivity index (χ0n) is 12.5. The Balaban J connectivity index is 2.44. The predicted molar refractivity (Wildman–Crippen MR) is 84.1 cm³/mol. The second-order valence-corrected chi connectivity index (χ2v) is 6.00. The van der Waals surface area contributed by atoms with Crippen molar-refractivity contribution in [2.75, 3.05) is 12.9 Å². The molecule has 1 aromatic carbocycles. The minimum absolute atomic E-state index is 0.0148. The number of aromatic nitrogens is 2. The summed E-state index contributed by atoms with van der Waals surface area (Å²) in [5, 5.41) is 9.62. The number of carboxylic acids is 1. The van der Waals surface area contributed by atoms with Crippen molar-refractivity contribution in [1.29, 1.82) is 0 Å². The number of carboxylic acid groups (broad SMARTS) is 1. The molecule has 5 nitrogen and oxygen atoms in total. The number of aliphatic carboxylic acids is 1. The maximum Gasteiger partial charge on any atom is 0.313 e. The molecule has 1 heterocycles. The van der Waals surface area contributed by atoms with Crippen LogP contribution in [0.3, 0.4) is 0 Å². The molecule has 1 N–H and O–H groups in total. The largest absolute Gasteiger partial charge is 0.497 e. The molecule has 21 heavy (non-hydrogen) atoms. The first kappa shape index (κ1) is 15.7. The lowest BCUT2D eigenvalue weighted by atomic mass is 10.1. The van der Waals surface area contributed by atoms with Gasteiger partial charge in [-0.05, 0) is 18.1 Å². The number of nitrogens with zero attached hydrogens (tertiary/aromatic N) is 2. The summed E-state index contributed by atoms with van der Waals surface area (Å²) in [6.45, 7) is 5.15. The Bertz CT molecular complexity index is 639. The maximum absolute atomic E-state index is 10.8. The fourth-order valence-corrected chi connectivity index (χ4v) is 2.81. The van der Waals surface area contributed by atoms with Crippen molar-refractivity contribution in [3.05, 3.63) is 18.2 Å². The summed E-state index contributed by atoms with van der Waals surface area (Å²) in [6, 6.07) is 5.73. The van der Waals surface area contributed by atoms with Gasteiger partial charge >= 0.3 is 5.97 Å². The van der Waals surface area contributed by atoms with E-state index in [1.807, 2.05) is 18.2 Å². The van der Waals surface area contributed by atoms with Crippen molar-refractivity contribution in [2.45, 2.75) is 32.0 Å². The lowest BCUT2D eigenvalue weighted by Crippen LogP contribution is -2.09. The molecule has 0 saturated heterocycles. The molecule has 1 unspecified atom stereocenters. The normalized spacial score (nSPS) is 12.5. The molecule has 114 valence electrons. The van der Waals surface area contributed by atoms with Gasteiger partial charge in [-0.15, -0.1) is 0 Å². The second kappa shape index (κ2) is 6.85. The molecule has 0 aliphatic heterocycles. The number of benzene rings is 1. The minimum atomic E-state index is -0.834. The molecule has 6 heteroatoms. The van der Waals surface area contributed by atoms with Crippen LogP contribution in [0.25, 0.3) is 11.0 Å². The van der Waals surface area contributed by atoms with Crippen LogP contribution in [0.15, 0.2) is 23.4 Å². The fourth-order valence-electron chi connectivity index (χ4n) is 2.06. The van der Waals surface area contributed by atoms with Crippen molar-refractivity contribution in [1.82, 2.24) is 9.55 Å². The van der Waals surface area contributed by atoms with E-state index in [1.54, 1.807) is 7.11 Å². The monoisotopic (exact) mass is 308 g/mol. The maximum atomic E-state index is 10.8. The van der Waals surface area contributed by atoms with E-state index in [4.69, 9.17) is 9.84 Å². The Kier molecular flexibility index (Phi) is 5.12. The fraction of sp³-hybridized carbons (Fsp3) is 0.467. The smallest absolute Gasteiger partial charge is 0.313 e. The van der Waals surface area contributed by atoms with Gasteiger partial charge in [0.1, 0.15) is 5.75 Å². The van der Waals surface area contributed by atoms with E-state index in [1.165, 1.54) is 11.8 Å². The van der Waals surface area contributed by atoms with Gasteiger partial charge in [-0.2, -0.15) is 0 Å². The van der Waals surface area contributed by atoms with Crippen molar-refractivity contribution in [3.63, 3.8) is 0 Å². The van der Waals surface area contributed by atoms with E-state index in [0.29, 0.717) is 5.92 Å². The minimum Gasteiger partial charge on any atom is -0.497 e. The number of hydrogen-bond acceptors (Lipinski definition) is 4. The average Bonchev–Trinajstić information content (AvgIpc) is 2.82. The number of imidazole rings is 1. The molecule has 0 amide bonds. The summed E-state index contributed by atoms with van der Waals surface area (Å²) in [4.78, 5) is 15.4. The summed E-state index contributed by atoms with van der Waals surface area (Å²) in [5.41, 5.74) is 1.86. The average molecular weight is 308 g/mol. The summed E-state index contributed by atoms with van der Waals surface area (Å²) in [7, 11) is 1.64. The highest BCUT2D eigenvalue weighted by atomic mass is 32.2. The number of methoxy groups -OCH3 is 1. The van der Waals surface area contributed by atoms with Gasteiger partial charge < -0.3 is 14.4 Å². The molecule has 0 fully saturated rings. The zero-order chi connectivity index (χ0) is 15.4. The number of rotatable bonds is 7. The van der Waals surface area contributed by atoms with Crippen LogP contribution in [-0.2, 0) is 11.3 Å². The van der Waals surface area contributed by atoms with Crippen molar-refractivity contribution >= 4 is 28.8 Å². The molecule has 0 spiro atoms.